The first-order valence-electron chi connectivity index (χ1n) is 10.1. The molecule has 0 saturated heterocycles. The van der Waals surface area contributed by atoms with Crippen molar-refractivity contribution in [3.8, 4) is 11.5 Å². The van der Waals surface area contributed by atoms with Gasteiger partial charge >= 0.3 is 0 Å². The molecular weight excluding hydrogens is 428 g/mol. The predicted molar refractivity (Wildman–Crippen MR) is 124 cm³/mol. The minimum absolute atomic E-state index is 0.103. The molecule has 8 heteroatoms. The largest absolute Gasteiger partial charge is 0.497 e. The topological polar surface area (TPSA) is 84.9 Å². The second-order valence-corrected chi connectivity index (χ2v) is 8.90. The molecule has 0 aliphatic heterocycles. The summed E-state index contributed by atoms with van der Waals surface area (Å²) < 4.78 is 38.4. The van der Waals surface area contributed by atoms with Crippen molar-refractivity contribution >= 4 is 21.6 Å². The van der Waals surface area contributed by atoms with E-state index in [1.807, 2.05) is 31.2 Å². The maximum Gasteiger partial charge on any atom is 0.264 e. The molecular formula is C24H26N2O5S. The number of anilines is 1. The molecule has 3 aromatic carbocycles. The number of hydrogen-bond donors (Lipinski definition) is 1. The predicted octanol–water partition coefficient (Wildman–Crippen LogP) is 3.39. The smallest absolute Gasteiger partial charge is 0.264 e. The van der Waals surface area contributed by atoms with Crippen molar-refractivity contribution < 1.29 is 22.7 Å². The molecule has 0 heterocycles. The number of amides is 1. The van der Waals surface area contributed by atoms with Crippen LogP contribution < -0.4 is 19.1 Å². The van der Waals surface area contributed by atoms with Crippen molar-refractivity contribution in [2.75, 3.05) is 31.1 Å². The lowest BCUT2D eigenvalue weighted by Gasteiger charge is -2.24. The average Bonchev–Trinajstić information content (AvgIpc) is 2.81. The van der Waals surface area contributed by atoms with E-state index in [2.05, 4.69) is 5.32 Å². The Morgan fingerprint density at radius 3 is 2.31 bits per heavy atom. The van der Waals surface area contributed by atoms with Gasteiger partial charge in [-0.3, -0.25) is 9.10 Å². The summed E-state index contributed by atoms with van der Waals surface area (Å²) in [6, 6.07) is 22.1. The number of nitrogens with one attached hydrogen (secondary N) is 1. The third kappa shape index (κ3) is 6.01. The summed E-state index contributed by atoms with van der Waals surface area (Å²) in [5, 5.41) is 2.72. The minimum Gasteiger partial charge on any atom is -0.497 e. The first-order valence-corrected chi connectivity index (χ1v) is 11.5. The molecule has 0 aromatic heterocycles. The third-order valence-corrected chi connectivity index (χ3v) is 6.45. The molecule has 1 amide bonds. The van der Waals surface area contributed by atoms with E-state index >= 15 is 0 Å². The molecule has 0 bridgehead atoms. The number of aryl methyl sites for hydroxylation is 1. The Kier molecular flexibility index (Phi) is 7.72. The lowest BCUT2D eigenvalue weighted by molar-refractivity contribution is -0.119. The SMILES string of the molecule is COc1ccc(N(CC(=O)NCCOc2cccc(C)c2)S(=O)(=O)c2ccccc2)cc1. The van der Waals surface area contributed by atoms with Crippen molar-refractivity contribution in [1.29, 1.82) is 0 Å². The summed E-state index contributed by atoms with van der Waals surface area (Å²) in [5.74, 6) is 0.863. The van der Waals surface area contributed by atoms with Crippen LogP contribution >= 0.6 is 0 Å². The Labute approximate surface area is 188 Å². The summed E-state index contributed by atoms with van der Waals surface area (Å²) in [5.41, 5.74) is 1.44. The highest BCUT2D eigenvalue weighted by Crippen LogP contribution is 2.25. The summed E-state index contributed by atoms with van der Waals surface area (Å²) in [6.45, 7) is 2.11. The molecule has 0 aliphatic carbocycles. The van der Waals surface area contributed by atoms with Gasteiger partial charge in [0, 0.05) is 0 Å². The van der Waals surface area contributed by atoms with E-state index in [-0.39, 0.29) is 24.6 Å². The number of benzene rings is 3. The Balaban J connectivity index is 1.69. The molecule has 0 unspecified atom stereocenters. The van der Waals surface area contributed by atoms with E-state index in [9.17, 15) is 13.2 Å². The molecule has 0 radical (unpaired) electrons. The number of sulfonamides is 1. The van der Waals surface area contributed by atoms with Gasteiger partial charge in [-0.2, -0.15) is 0 Å². The third-order valence-electron chi connectivity index (χ3n) is 4.66. The van der Waals surface area contributed by atoms with Gasteiger partial charge in [0.25, 0.3) is 10.0 Å². The summed E-state index contributed by atoms with van der Waals surface area (Å²) in [4.78, 5) is 12.7. The quantitative estimate of drug-likeness (QED) is 0.475. The van der Waals surface area contributed by atoms with Crippen LogP contribution in [0.2, 0.25) is 0 Å². The highest BCUT2D eigenvalue weighted by molar-refractivity contribution is 7.92. The van der Waals surface area contributed by atoms with Gasteiger partial charge in [-0.25, -0.2) is 8.42 Å². The number of rotatable bonds is 10. The maximum atomic E-state index is 13.3. The first-order chi connectivity index (χ1) is 15.4. The van der Waals surface area contributed by atoms with Gasteiger partial charge < -0.3 is 14.8 Å². The van der Waals surface area contributed by atoms with Crippen LogP contribution in [0.3, 0.4) is 0 Å². The molecule has 0 spiro atoms. The molecule has 0 saturated carbocycles. The van der Waals surface area contributed by atoms with Crippen LogP contribution in [0.4, 0.5) is 5.69 Å². The number of methoxy groups -OCH3 is 1. The first kappa shape index (κ1) is 23.1. The zero-order chi connectivity index (χ0) is 23.0. The molecule has 7 nitrogen and oxygen atoms in total. The zero-order valence-corrected chi connectivity index (χ0v) is 18.8. The fraction of sp³-hybridized carbons (Fsp3) is 0.208. The van der Waals surface area contributed by atoms with Crippen LogP contribution in [0, 0.1) is 6.92 Å². The van der Waals surface area contributed by atoms with Crippen molar-refractivity contribution in [3.63, 3.8) is 0 Å². The van der Waals surface area contributed by atoms with Gasteiger partial charge in [-0.05, 0) is 61.0 Å². The van der Waals surface area contributed by atoms with Crippen molar-refractivity contribution in [2.24, 2.45) is 0 Å². The van der Waals surface area contributed by atoms with E-state index in [1.54, 1.807) is 42.5 Å². The normalized spacial score (nSPS) is 10.9. The van der Waals surface area contributed by atoms with Crippen molar-refractivity contribution in [2.45, 2.75) is 11.8 Å². The van der Waals surface area contributed by atoms with Crippen molar-refractivity contribution in [1.82, 2.24) is 5.32 Å². The van der Waals surface area contributed by atoms with E-state index < -0.39 is 15.9 Å². The van der Waals surface area contributed by atoms with E-state index in [0.29, 0.717) is 17.2 Å². The Bertz CT molecular complexity index is 1130. The summed E-state index contributed by atoms with van der Waals surface area (Å²) in [6.07, 6.45) is 0. The fourth-order valence-corrected chi connectivity index (χ4v) is 4.48. The molecule has 3 aromatic rings. The van der Waals surface area contributed by atoms with E-state index in [4.69, 9.17) is 9.47 Å². The minimum atomic E-state index is -3.95. The second kappa shape index (κ2) is 10.7. The van der Waals surface area contributed by atoms with Crippen LogP contribution in [0.15, 0.2) is 83.8 Å². The zero-order valence-electron chi connectivity index (χ0n) is 18.0. The van der Waals surface area contributed by atoms with Crippen LogP contribution in [-0.2, 0) is 14.8 Å². The average molecular weight is 455 g/mol. The van der Waals surface area contributed by atoms with Gasteiger partial charge in [0.15, 0.2) is 0 Å². The Hall–Kier alpha value is -3.52. The Morgan fingerprint density at radius 2 is 1.66 bits per heavy atom. The van der Waals surface area contributed by atoms with Crippen LogP contribution in [0.5, 0.6) is 11.5 Å². The van der Waals surface area contributed by atoms with Gasteiger partial charge in [0.05, 0.1) is 24.2 Å². The second-order valence-electron chi connectivity index (χ2n) is 7.04. The Morgan fingerprint density at radius 1 is 0.938 bits per heavy atom. The van der Waals surface area contributed by atoms with Crippen LogP contribution in [0.1, 0.15) is 5.56 Å². The highest BCUT2D eigenvalue weighted by atomic mass is 32.2. The van der Waals surface area contributed by atoms with Crippen LogP contribution in [0.25, 0.3) is 0 Å². The number of hydrogen-bond acceptors (Lipinski definition) is 5. The number of carbonyl (C=O) groups excluding carboxylic acids is 1. The van der Waals surface area contributed by atoms with Gasteiger partial charge in [-0.1, -0.05) is 30.3 Å². The summed E-state index contributed by atoms with van der Waals surface area (Å²) in [7, 11) is -2.42. The molecule has 168 valence electrons. The molecule has 32 heavy (non-hydrogen) atoms. The van der Waals surface area contributed by atoms with Crippen molar-refractivity contribution in [3.05, 3.63) is 84.4 Å². The van der Waals surface area contributed by atoms with E-state index in [0.717, 1.165) is 9.87 Å². The molecule has 1 N–H and O–H groups in total. The molecule has 0 aliphatic rings. The molecule has 0 fully saturated rings. The lowest BCUT2D eigenvalue weighted by atomic mass is 10.2. The molecule has 0 atom stereocenters. The number of carbonyl (C=O) groups is 1. The standard InChI is InChI=1S/C24H26N2O5S/c1-19-7-6-8-22(17-19)31-16-15-25-24(27)18-26(20-11-13-21(30-2)14-12-20)32(28,29)23-9-4-3-5-10-23/h3-14,17H,15-16,18H2,1-2H3,(H,25,27). The maximum absolute atomic E-state index is 13.3. The fourth-order valence-electron chi connectivity index (χ4n) is 3.03. The van der Waals surface area contributed by atoms with Crippen LogP contribution in [-0.4, -0.2) is 41.1 Å². The summed E-state index contributed by atoms with van der Waals surface area (Å²) >= 11 is 0. The number of ether oxygens (including phenoxy) is 2. The van der Waals surface area contributed by atoms with Gasteiger partial charge in [-0.15, -0.1) is 0 Å². The van der Waals surface area contributed by atoms with E-state index in [1.165, 1.54) is 19.2 Å². The monoisotopic (exact) mass is 454 g/mol. The highest BCUT2D eigenvalue weighted by Gasteiger charge is 2.27. The molecule has 3 rings (SSSR count). The number of nitrogens with zero attached hydrogens (tertiary/aromatic N) is 1. The van der Waals surface area contributed by atoms with Gasteiger partial charge in [0.1, 0.15) is 24.7 Å². The van der Waals surface area contributed by atoms with Gasteiger partial charge in [0.2, 0.25) is 5.91 Å². The lowest BCUT2D eigenvalue weighted by Crippen LogP contribution is -2.41.